The molecule has 1 amide bonds. The van der Waals surface area contributed by atoms with Gasteiger partial charge in [-0.3, -0.25) is 4.79 Å². The molecule has 12 nitrogen and oxygen atoms in total. The first-order chi connectivity index (χ1) is 23.3. The van der Waals surface area contributed by atoms with E-state index in [2.05, 4.69) is 30.7 Å². The smallest absolute Gasteiger partial charge is 0.486 e. The second kappa shape index (κ2) is 12.0. The second-order valence-corrected chi connectivity index (χ2v) is 17.6. The Hall–Kier alpha value is -3.58. The van der Waals surface area contributed by atoms with Crippen LogP contribution in [0.3, 0.4) is 0 Å². The number of hydrogen-bond donors (Lipinski definition) is 1. The molecule has 270 valence electrons. The van der Waals surface area contributed by atoms with Gasteiger partial charge in [-0.2, -0.15) is 0 Å². The summed E-state index contributed by atoms with van der Waals surface area (Å²) in [6.07, 6.45) is 4.98. The van der Waals surface area contributed by atoms with E-state index in [-0.39, 0.29) is 64.3 Å². The van der Waals surface area contributed by atoms with Crippen molar-refractivity contribution in [3.8, 4) is 11.5 Å². The molecule has 4 saturated carbocycles. The third kappa shape index (κ3) is 6.51. The maximum absolute atomic E-state index is 14.0. The number of carbonyl (C=O) groups excluding carboxylic acids is 3. The van der Waals surface area contributed by atoms with Gasteiger partial charge >= 0.3 is 19.2 Å². The Bertz CT molecular complexity index is 1660. The minimum atomic E-state index is -0.939. The number of esters is 1. The number of hydrogen-bond acceptors (Lipinski definition) is 10. The van der Waals surface area contributed by atoms with Gasteiger partial charge in [0.15, 0.2) is 5.75 Å². The van der Waals surface area contributed by atoms with Crippen LogP contribution >= 0.6 is 0 Å². The van der Waals surface area contributed by atoms with Crippen LogP contribution in [-0.4, -0.2) is 82.1 Å². The van der Waals surface area contributed by atoms with Gasteiger partial charge in [-0.25, -0.2) is 14.6 Å². The number of benzene rings is 1. The maximum atomic E-state index is 14.0. The molecule has 2 aromatic rings. The van der Waals surface area contributed by atoms with E-state index >= 15 is 0 Å². The molecule has 0 radical (unpaired) electrons. The summed E-state index contributed by atoms with van der Waals surface area (Å²) in [5.41, 5.74) is -0.391. The number of aromatic nitrogens is 2. The van der Waals surface area contributed by atoms with E-state index in [1.165, 1.54) is 6.33 Å². The Morgan fingerprint density at radius 3 is 2.38 bits per heavy atom. The van der Waals surface area contributed by atoms with Gasteiger partial charge in [0.2, 0.25) is 5.91 Å². The molecule has 1 N–H and O–H groups in total. The predicted molar refractivity (Wildman–Crippen MR) is 183 cm³/mol. The molecule has 50 heavy (non-hydrogen) atoms. The van der Waals surface area contributed by atoms with Gasteiger partial charge in [-0.15, -0.1) is 0 Å². The van der Waals surface area contributed by atoms with Crippen LogP contribution in [0.5, 0.6) is 11.5 Å². The fourth-order valence-electron chi connectivity index (χ4n) is 8.46. The number of carbonyl (C=O) groups is 3. The summed E-state index contributed by atoms with van der Waals surface area (Å²) in [5, 5.41) is 0. The van der Waals surface area contributed by atoms with Crippen LogP contribution in [0.25, 0.3) is 0 Å². The minimum Gasteiger partial charge on any atom is -0.486 e. The summed E-state index contributed by atoms with van der Waals surface area (Å²) < 4.78 is 37.1. The van der Waals surface area contributed by atoms with Crippen molar-refractivity contribution in [3.63, 3.8) is 0 Å². The van der Waals surface area contributed by atoms with E-state index in [9.17, 15) is 14.4 Å². The summed E-state index contributed by atoms with van der Waals surface area (Å²) in [4.78, 5) is 48.6. The first-order valence-electron chi connectivity index (χ1n) is 17.9. The predicted octanol–water partition coefficient (Wildman–Crippen LogP) is 6.10. The van der Waals surface area contributed by atoms with Gasteiger partial charge < -0.3 is 38.1 Å². The van der Waals surface area contributed by atoms with Crippen LogP contribution in [0.1, 0.15) is 109 Å². The molecule has 2 aliphatic heterocycles. The van der Waals surface area contributed by atoms with Crippen molar-refractivity contribution in [3.05, 3.63) is 41.5 Å². The second-order valence-electron chi connectivity index (χ2n) is 17.6. The average Bonchev–Trinajstić information content (AvgIpc) is 3.41. The SMILES string of the molecule is CC(C)(C)OC(=O)Oc1c(C2CC2B2OC3C[C@@H]4C[C@@H](C4(C)C)[C@]3(C)O2)ccc(OC2CN(C(=O)Cc3cnc[nH]3)C2)c1C(=O)OC(C)(C)C. The molecule has 0 spiro atoms. The third-order valence-electron chi connectivity index (χ3n) is 11.3. The molecular weight excluding hydrogens is 641 g/mol. The van der Waals surface area contributed by atoms with Crippen LogP contribution < -0.4 is 9.47 Å². The van der Waals surface area contributed by atoms with Crippen LogP contribution in [0.2, 0.25) is 5.82 Å². The summed E-state index contributed by atoms with van der Waals surface area (Å²) in [6, 6.07) is 3.58. The Morgan fingerprint density at radius 2 is 1.74 bits per heavy atom. The number of ether oxygens (including phenoxy) is 4. The largest absolute Gasteiger partial charge is 0.514 e. The molecule has 6 aliphatic rings. The van der Waals surface area contributed by atoms with Gasteiger partial charge in [-0.05, 0) is 103 Å². The van der Waals surface area contributed by atoms with Gasteiger partial charge in [0.1, 0.15) is 28.6 Å². The lowest BCUT2D eigenvalue weighted by Crippen LogP contribution is -2.65. The number of likely N-dealkylation sites (tertiary alicyclic amines) is 1. The highest BCUT2D eigenvalue weighted by molar-refractivity contribution is 6.49. The van der Waals surface area contributed by atoms with E-state index in [0.29, 0.717) is 30.5 Å². The number of nitrogens with zero attached hydrogens (tertiary/aromatic N) is 2. The molecule has 3 unspecified atom stereocenters. The lowest BCUT2D eigenvalue weighted by Gasteiger charge is -2.64. The normalized spacial score (nSPS) is 29.7. The van der Waals surface area contributed by atoms with E-state index in [1.807, 2.05) is 6.07 Å². The maximum Gasteiger partial charge on any atom is 0.514 e. The van der Waals surface area contributed by atoms with Gasteiger partial charge in [-0.1, -0.05) is 19.9 Å². The average molecular weight is 692 g/mol. The van der Waals surface area contributed by atoms with Crippen LogP contribution in [-0.2, 0) is 30.0 Å². The Balaban J connectivity index is 1.16. The molecule has 4 aliphatic carbocycles. The molecule has 6 atom stereocenters. The highest BCUT2D eigenvalue weighted by atomic mass is 16.7. The first-order valence-corrected chi connectivity index (χ1v) is 17.9. The first kappa shape index (κ1) is 34.9. The summed E-state index contributed by atoms with van der Waals surface area (Å²) >= 11 is 0. The Labute approximate surface area is 294 Å². The quantitative estimate of drug-likeness (QED) is 0.196. The van der Waals surface area contributed by atoms with Crippen LogP contribution in [0.15, 0.2) is 24.7 Å². The molecule has 2 bridgehead atoms. The topological polar surface area (TPSA) is 139 Å². The molecule has 8 rings (SSSR count). The minimum absolute atomic E-state index is 0.00707. The van der Waals surface area contributed by atoms with Crippen molar-refractivity contribution >= 4 is 25.2 Å². The Morgan fingerprint density at radius 1 is 1.02 bits per heavy atom. The fraction of sp³-hybridized carbons (Fsp3) is 0.676. The third-order valence-corrected chi connectivity index (χ3v) is 11.3. The van der Waals surface area contributed by atoms with Crippen molar-refractivity contribution in [2.45, 2.75) is 129 Å². The number of rotatable bonds is 8. The lowest BCUT2D eigenvalue weighted by atomic mass is 9.43. The van der Waals surface area contributed by atoms with Crippen LogP contribution in [0, 0.1) is 17.3 Å². The highest BCUT2D eigenvalue weighted by Crippen LogP contribution is 2.68. The van der Waals surface area contributed by atoms with E-state index in [1.54, 1.807) is 58.7 Å². The number of aromatic amines is 1. The number of H-pyrrole nitrogens is 1. The molecule has 13 heteroatoms. The lowest BCUT2D eigenvalue weighted by molar-refractivity contribution is -0.199. The molecule has 1 aromatic carbocycles. The fourth-order valence-corrected chi connectivity index (χ4v) is 8.46. The van der Waals surface area contributed by atoms with Crippen molar-refractivity contribution in [2.24, 2.45) is 17.3 Å². The number of imidazole rings is 1. The van der Waals surface area contributed by atoms with Crippen molar-refractivity contribution < 1.29 is 42.6 Å². The van der Waals surface area contributed by atoms with E-state index in [0.717, 1.165) is 25.0 Å². The van der Waals surface area contributed by atoms with Crippen molar-refractivity contribution in [1.82, 2.24) is 14.9 Å². The summed E-state index contributed by atoms with van der Waals surface area (Å²) in [5.74, 6) is 0.496. The van der Waals surface area contributed by atoms with E-state index < -0.39 is 30.4 Å². The summed E-state index contributed by atoms with van der Waals surface area (Å²) in [6.45, 7) is 18.1. The zero-order valence-electron chi connectivity index (χ0n) is 30.7. The van der Waals surface area contributed by atoms with Crippen molar-refractivity contribution in [1.29, 1.82) is 0 Å². The molecule has 3 heterocycles. The summed E-state index contributed by atoms with van der Waals surface area (Å²) in [7, 11) is -0.402. The zero-order chi connectivity index (χ0) is 36.0. The molecule has 1 aromatic heterocycles. The molecule has 6 fully saturated rings. The van der Waals surface area contributed by atoms with Crippen molar-refractivity contribution in [2.75, 3.05) is 13.1 Å². The van der Waals surface area contributed by atoms with E-state index in [4.69, 9.17) is 28.3 Å². The number of amides is 1. The monoisotopic (exact) mass is 691 g/mol. The number of nitrogens with one attached hydrogen (secondary N) is 1. The standard InChI is InChI=1S/C37H50BN3O9/c1-34(2,3)47-32(43)30-26(45-22-17-41(18-22)29(42)14-21-16-39-19-40-21)11-10-23(31(30)46-33(44)48-35(4,5)6)24-15-25(24)38-49-28-13-20-12-27(36(20,7)8)37(28,9)50-38/h10-11,16,19-20,22,24-25,27-28H,12-15,17-18H2,1-9H3,(H,39,40)/t20-,24?,25?,27-,28?,37-/m0/s1. The van der Waals surface area contributed by atoms with Gasteiger partial charge in [0, 0.05) is 17.7 Å². The van der Waals surface area contributed by atoms with Gasteiger partial charge in [0.25, 0.3) is 0 Å². The molecule has 2 saturated heterocycles. The molecular formula is C37H50BN3O9. The van der Waals surface area contributed by atoms with Gasteiger partial charge in [0.05, 0.1) is 37.5 Å². The van der Waals surface area contributed by atoms with Crippen LogP contribution in [0.4, 0.5) is 4.79 Å². The highest BCUT2D eigenvalue weighted by Gasteiger charge is 2.70. The zero-order valence-corrected chi connectivity index (χ0v) is 30.7. The Kier molecular flexibility index (Phi) is 8.37.